The fourth-order valence-electron chi connectivity index (χ4n) is 2.27. The predicted octanol–water partition coefficient (Wildman–Crippen LogP) is 4.44. The highest BCUT2D eigenvalue weighted by molar-refractivity contribution is 9.10. The maximum absolute atomic E-state index is 12.7. The van der Waals surface area contributed by atoms with Crippen molar-refractivity contribution in [2.24, 2.45) is 0 Å². The van der Waals surface area contributed by atoms with Crippen LogP contribution in [0.25, 0.3) is 0 Å². The number of anilines is 1. The Labute approximate surface area is 172 Å². The lowest BCUT2D eigenvalue weighted by Gasteiger charge is -2.21. The summed E-state index contributed by atoms with van der Waals surface area (Å²) in [5.41, 5.74) is -0.116. The first-order chi connectivity index (χ1) is 12.4. The number of ether oxygens (including phenoxy) is 1. The van der Waals surface area contributed by atoms with Crippen molar-refractivity contribution >= 4 is 49.1 Å². The van der Waals surface area contributed by atoms with Crippen LogP contribution in [0, 0.1) is 0 Å². The van der Waals surface area contributed by atoms with Crippen LogP contribution in [0.3, 0.4) is 0 Å². The number of sulfonamides is 1. The molecule has 2 N–H and O–H groups in total. The first-order valence-corrected chi connectivity index (χ1v) is 10.6. The summed E-state index contributed by atoms with van der Waals surface area (Å²) in [4.78, 5) is 12.5. The summed E-state index contributed by atoms with van der Waals surface area (Å²) in [6.07, 6.45) is 0. The summed E-state index contributed by atoms with van der Waals surface area (Å²) in [5, 5.41) is 3.03. The number of hydrogen-bond acceptors (Lipinski definition) is 4. The molecule has 0 saturated heterocycles. The van der Waals surface area contributed by atoms with E-state index in [9.17, 15) is 13.2 Å². The number of nitrogens with one attached hydrogen (secondary N) is 2. The quantitative estimate of drug-likeness (QED) is 0.669. The third kappa shape index (κ3) is 5.68. The third-order valence-corrected chi connectivity index (χ3v) is 5.92. The highest BCUT2D eigenvalue weighted by Gasteiger charge is 2.26. The molecule has 2 aromatic carbocycles. The number of hydrogen-bond donors (Lipinski definition) is 2. The Morgan fingerprint density at radius 1 is 1.15 bits per heavy atom. The number of carbonyl (C=O) groups is 1. The predicted molar refractivity (Wildman–Crippen MR) is 110 cm³/mol. The Balaban J connectivity index is 2.40. The maximum atomic E-state index is 12.7. The third-order valence-electron chi connectivity index (χ3n) is 3.34. The molecule has 1 amide bonds. The topological polar surface area (TPSA) is 84.5 Å². The van der Waals surface area contributed by atoms with E-state index in [0.29, 0.717) is 10.7 Å². The van der Waals surface area contributed by atoms with Crippen LogP contribution in [-0.4, -0.2) is 27.0 Å². The highest BCUT2D eigenvalue weighted by Crippen LogP contribution is 2.28. The molecule has 0 aliphatic heterocycles. The van der Waals surface area contributed by atoms with Gasteiger partial charge in [-0.05, 0) is 57.2 Å². The van der Waals surface area contributed by atoms with Crippen molar-refractivity contribution in [2.75, 3.05) is 12.4 Å². The van der Waals surface area contributed by atoms with Crippen LogP contribution in [0.4, 0.5) is 5.69 Å². The Morgan fingerprint density at radius 2 is 1.81 bits per heavy atom. The first kappa shape index (κ1) is 21.7. The van der Waals surface area contributed by atoms with Gasteiger partial charge in [0.05, 0.1) is 17.8 Å². The van der Waals surface area contributed by atoms with E-state index in [4.69, 9.17) is 16.3 Å². The van der Waals surface area contributed by atoms with E-state index < -0.39 is 21.5 Å². The maximum Gasteiger partial charge on any atom is 0.255 e. The Kier molecular flexibility index (Phi) is 6.57. The van der Waals surface area contributed by atoms with Gasteiger partial charge in [0.15, 0.2) is 0 Å². The van der Waals surface area contributed by atoms with Crippen LogP contribution in [0.5, 0.6) is 5.75 Å². The number of methoxy groups -OCH3 is 1. The second-order valence-electron chi connectivity index (χ2n) is 6.80. The van der Waals surface area contributed by atoms with Crippen molar-refractivity contribution in [2.45, 2.75) is 31.2 Å². The number of amides is 1. The van der Waals surface area contributed by atoms with E-state index in [0.717, 1.165) is 4.47 Å². The molecule has 0 saturated carbocycles. The Hall–Kier alpha value is -1.61. The van der Waals surface area contributed by atoms with E-state index in [1.807, 2.05) is 0 Å². The lowest BCUT2D eigenvalue weighted by Crippen LogP contribution is -2.40. The summed E-state index contributed by atoms with van der Waals surface area (Å²) in [5.74, 6) is -0.348. The summed E-state index contributed by atoms with van der Waals surface area (Å²) in [6, 6.07) is 9.22. The minimum Gasteiger partial charge on any atom is -0.495 e. The van der Waals surface area contributed by atoms with E-state index >= 15 is 0 Å². The molecule has 146 valence electrons. The minimum absolute atomic E-state index is 0.116. The number of rotatable bonds is 5. The van der Waals surface area contributed by atoms with Crippen molar-refractivity contribution in [3.63, 3.8) is 0 Å². The van der Waals surface area contributed by atoms with Crippen molar-refractivity contribution in [1.82, 2.24) is 4.72 Å². The first-order valence-electron chi connectivity index (χ1n) is 7.91. The van der Waals surface area contributed by atoms with Crippen molar-refractivity contribution in [1.29, 1.82) is 0 Å². The molecule has 6 nitrogen and oxygen atoms in total. The Morgan fingerprint density at radius 3 is 2.37 bits per heavy atom. The average molecular weight is 476 g/mol. The van der Waals surface area contributed by atoms with Crippen LogP contribution in [0.2, 0.25) is 5.02 Å². The molecule has 0 bridgehead atoms. The number of benzene rings is 2. The highest BCUT2D eigenvalue weighted by atomic mass is 79.9. The van der Waals surface area contributed by atoms with Crippen LogP contribution < -0.4 is 14.8 Å². The molecule has 0 spiro atoms. The molecule has 2 aromatic rings. The smallest absolute Gasteiger partial charge is 0.255 e. The van der Waals surface area contributed by atoms with Crippen LogP contribution in [0.15, 0.2) is 45.8 Å². The summed E-state index contributed by atoms with van der Waals surface area (Å²) >= 11 is 9.41. The molecule has 0 unspecified atom stereocenters. The standard InChI is InChI=1S/C18H20BrClN2O4S/c1-18(2,3)22-27(24,25)16-9-11(5-8-15(16)26-4)17(23)21-14-7-6-12(19)10-13(14)20/h5-10,22H,1-4H3,(H,21,23). The molecule has 0 atom stereocenters. The zero-order valence-corrected chi connectivity index (χ0v) is 18.4. The van der Waals surface area contributed by atoms with Crippen LogP contribution >= 0.6 is 27.5 Å². The summed E-state index contributed by atoms with van der Waals surface area (Å²) in [7, 11) is -2.52. The van der Waals surface area contributed by atoms with Gasteiger partial charge in [-0.1, -0.05) is 27.5 Å². The second-order valence-corrected chi connectivity index (χ2v) is 9.77. The molecule has 0 fully saturated rings. The minimum atomic E-state index is -3.89. The van der Waals surface area contributed by atoms with Gasteiger partial charge >= 0.3 is 0 Å². The van der Waals surface area contributed by atoms with Gasteiger partial charge in [-0.3, -0.25) is 4.79 Å². The molecule has 9 heteroatoms. The molecule has 0 heterocycles. The van der Waals surface area contributed by atoms with Gasteiger partial charge < -0.3 is 10.1 Å². The van der Waals surface area contributed by atoms with E-state index in [1.165, 1.54) is 25.3 Å². The van der Waals surface area contributed by atoms with Gasteiger partial charge in [0.1, 0.15) is 10.6 Å². The van der Waals surface area contributed by atoms with Gasteiger partial charge in [0.25, 0.3) is 5.91 Å². The van der Waals surface area contributed by atoms with E-state index in [2.05, 4.69) is 26.0 Å². The number of carbonyl (C=O) groups excluding carboxylic acids is 1. The van der Waals surface area contributed by atoms with Gasteiger partial charge in [-0.15, -0.1) is 0 Å². The molecule has 0 aliphatic carbocycles. The molecule has 27 heavy (non-hydrogen) atoms. The fraction of sp³-hybridized carbons (Fsp3) is 0.278. The normalized spacial score (nSPS) is 11.9. The SMILES string of the molecule is COc1ccc(C(=O)Nc2ccc(Br)cc2Cl)cc1S(=O)(=O)NC(C)(C)C. The van der Waals surface area contributed by atoms with Crippen molar-refractivity contribution < 1.29 is 17.9 Å². The monoisotopic (exact) mass is 474 g/mol. The zero-order valence-electron chi connectivity index (χ0n) is 15.3. The van der Waals surface area contributed by atoms with E-state index in [-0.39, 0.29) is 16.2 Å². The average Bonchev–Trinajstić information content (AvgIpc) is 2.54. The van der Waals surface area contributed by atoms with E-state index in [1.54, 1.807) is 39.0 Å². The molecule has 2 rings (SSSR count). The van der Waals surface area contributed by atoms with Gasteiger partial charge in [-0.2, -0.15) is 0 Å². The molecule has 0 radical (unpaired) electrons. The van der Waals surface area contributed by atoms with Crippen molar-refractivity contribution in [3.8, 4) is 5.75 Å². The molecule has 0 aromatic heterocycles. The lowest BCUT2D eigenvalue weighted by atomic mass is 10.1. The second kappa shape index (κ2) is 8.18. The summed E-state index contributed by atoms with van der Waals surface area (Å²) < 4.78 is 33.9. The largest absolute Gasteiger partial charge is 0.495 e. The molecular formula is C18H20BrClN2O4S. The molecule has 0 aliphatic rings. The van der Waals surface area contributed by atoms with Gasteiger partial charge in [0, 0.05) is 15.6 Å². The lowest BCUT2D eigenvalue weighted by molar-refractivity contribution is 0.102. The fourth-order valence-corrected chi connectivity index (χ4v) is 4.61. The number of halogens is 2. The Bertz CT molecular complexity index is 972. The van der Waals surface area contributed by atoms with Crippen molar-refractivity contribution in [3.05, 3.63) is 51.5 Å². The zero-order chi connectivity index (χ0) is 20.4. The molecular weight excluding hydrogens is 456 g/mol. The summed E-state index contributed by atoms with van der Waals surface area (Å²) in [6.45, 7) is 5.18. The van der Waals surface area contributed by atoms with Gasteiger partial charge in [-0.25, -0.2) is 13.1 Å². The van der Waals surface area contributed by atoms with Crippen LogP contribution in [-0.2, 0) is 10.0 Å². The van der Waals surface area contributed by atoms with Gasteiger partial charge in [0.2, 0.25) is 10.0 Å². The van der Waals surface area contributed by atoms with Crippen LogP contribution in [0.1, 0.15) is 31.1 Å².